The second-order valence-electron chi connectivity index (χ2n) is 14.8. The summed E-state index contributed by atoms with van der Waals surface area (Å²) in [5, 5.41) is 5.17. The van der Waals surface area contributed by atoms with Crippen molar-refractivity contribution in [2.75, 3.05) is 33.9 Å². The summed E-state index contributed by atoms with van der Waals surface area (Å²) < 4.78 is 9.43. The normalized spacial score (nSPS) is 12.2. The third-order valence-corrected chi connectivity index (χ3v) is 10.6. The SMILES string of the molecule is CCCN(Cc1nc2ccc(-c3ccc(-c4ccc5c(c4)CCc4nc(CN(CCC)C(=O)[C@H](NC(=O)OC)c6ccccc6)[nH]c4-5)cc3)cc2[nH]1)C(=O)CNC(=O)OC. The average Bonchev–Trinajstić information content (AvgIpc) is 3.90. The smallest absolute Gasteiger partial charge is 0.407 e. The Labute approximate surface area is 348 Å². The van der Waals surface area contributed by atoms with E-state index < -0.39 is 18.2 Å². The Morgan fingerprint density at radius 2 is 1.35 bits per heavy atom. The van der Waals surface area contributed by atoms with Crippen LogP contribution >= 0.6 is 0 Å². The summed E-state index contributed by atoms with van der Waals surface area (Å²) in [5.74, 6) is 0.913. The molecular formula is C46H50N8O6. The van der Waals surface area contributed by atoms with Crippen molar-refractivity contribution in [2.24, 2.45) is 0 Å². The van der Waals surface area contributed by atoms with Crippen LogP contribution in [-0.2, 0) is 45.0 Å². The van der Waals surface area contributed by atoms with Gasteiger partial charge in [-0.2, -0.15) is 0 Å². The van der Waals surface area contributed by atoms with Crippen molar-refractivity contribution in [3.63, 3.8) is 0 Å². The summed E-state index contributed by atoms with van der Waals surface area (Å²) in [6.45, 7) is 5.46. The monoisotopic (exact) mass is 810 g/mol. The van der Waals surface area contributed by atoms with Gasteiger partial charge in [-0.3, -0.25) is 9.59 Å². The third kappa shape index (κ3) is 9.33. The number of rotatable bonds is 15. The van der Waals surface area contributed by atoms with Crippen molar-refractivity contribution in [2.45, 2.75) is 58.7 Å². The summed E-state index contributed by atoms with van der Waals surface area (Å²) in [6.07, 6.45) is 1.80. The molecule has 2 aromatic heterocycles. The molecule has 0 bridgehead atoms. The minimum atomic E-state index is -0.895. The highest BCUT2D eigenvalue weighted by Crippen LogP contribution is 2.36. The molecule has 7 rings (SSSR count). The zero-order chi connectivity index (χ0) is 42.2. The first kappa shape index (κ1) is 41.2. The lowest BCUT2D eigenvalue weighted by Crippen LogP contribution is -2.43. The summed E-state index contributed by atoms with van der Waals surface area (Å²) >= 11 is 0. The van der Waals surface area contributed by atoms with E-state index >= 15 is 0 Å². The number of aryl methyl sites for hydroxylation is 2. The molecule has 14 nitrogen and oxygen atoms in total. The Balaban J connectivity index is 1.04. The largest absolute Gasteiger partial charge is 0.453 e. The number of imidazole rings is 2. The van der Waals surface area contributed by atoms with Crippen molar-refractivity contribution in [3.05, 3.63) is 119 Å². The van der Waals surface area contributed by atoms with Gasteiger partial charge >= 0.3 is 12.2 Å². The number of methoxy groups -OCH3 is 2. The van der Waals surface area contributed by atoms with Gasteiger partial charge in [0.2, 0.25) is 11.8 Å². The molecule has 2 heterocycles. The fourth-order valence-electron chi connectivity index (χ4n) is 7.68. The molecule has 0 fully saturated rings. The second kappa shape index (κ2) is 18.7. The highest BCUT2D eigenvalue weighted by atomic mass is 16.5. The van der Waals surface area contributed by atoms with Crippen LogP contribution in [0, 0.1) is 0 Å². The number of fused-ring (bicyclic) bond motifs is 4. The quantitative estimate of drug-likeness (QED) is 0.0835. The molecule has 0 saturated carbocycles. The van der Waals surface area contributed by atoms with E-state index in [1.807, 2.05) is 56.3 Å². The molecule has 4 amide bonds. The predicted octanol–water partition coefficient (Wildman–Crippen LogP) is 7.32. The maximum atomic E-state index is 14.0. The van der Waals surface area contributed by atoms with Crippen LogP contribution in [0.5, 0.6) is 0 Å². The zero-order valence-corrected chi connectivity index (χ0v) is 34.3. The average molecular weight is 811 g/mol. The number of alkyl carbamates (subject to hydrolysis) is 2. The summed E-state index contributed by atoms with van der Waals surface area (Å²) in [5.41, 5.74) is 11.0. The first-order valence-corrected chi connectivity index (χ1v) is 20.3. The van der Waals surface area contributed by atoms with E-state index in [9.17, 15) is 19.2 Å². The van der Waals surface area contributed by atoms with Crippen LogP contribution in [0.2, 0.25) is 0 Å². The molecule has 0 radical (unpaired) electrons. The number of benzene rings is 4. The lowest BCUT2D eigenvalue weighted by atomic mass is 9.89. The van der Waals surface area contributed by atoms with Gasteiger partial charge in [0.1, 0.15) is 24.2 Å². The maximum Gasteiger partial charge on any atom is 0.407 e. The fourth-order valence-corrected chi connectivity index (χ4v) is 7.68. The Morgan fingerprint density at radius 1 is 0.717 bits per heavy atom. The van der Waals surface area contributed by atoms with E-state index in [0.717, 1.165) is 75.9 Å². The standard InChI is InChI=1S/C46H50N8O6/c1-5-22-53(41(55)26-47-45(57)59-3)27-39-48-36-20-17-33(25-38(36)50-39)30-14-12-29(13-15-30)32-16-19-35-34(24-32)18-21-37-43(35)51-40(49-37)28-54(23-6-2)44(56)42(52-46(58)60-4)31-10-8-7-9-11-31/h7-17,19-20,24-25,42H,5-6,18,21-23,26-28H2,1-4H3,(H,47,57)(H,48,50)(H,49,51)(H,52,58)/t42-/m1/s1. The van der Waals surface area contributed by atoms with E-state index in [0.29, 0.717) is 36.8 Å². The van der Waals surface area contributed by atoms with Gasteiger partial charge < -0.3 is 39.9 Å². The number of aromatic amines is 2. The van der Waals surface area contributed by atoms with Crippen LogP contribution in [0.15, 0.2) is 91.0 Å². The van der Waals surface area contributed by atoms with Crippen LogP contribution in [0.4, 0.5) is 9.59 Å². The number of carbonyl (C=O) groups is 4. The molecule has 60 heavy (non-hydrogen) atoms. The van der Waals surface area contributed by atoms with E-state index in [-0.39, 0.29) is 24.9 Å². The molecule has 1 aliphatic rings. The fraction of sp³-hybridized carbons (Fsp3) is 0.304. The molecule has 310 valence electrons. The van der Waals surface area contributed by atoms with Crippen molar-refractivity contribution >= 4 is 35.0 Å². The third-order valence-electron chi connectivity index (χ3n) is 10.6. The molecule has 14 heteroatoms. The Hall–Kier alpha value is -6.96. The number of hydrogen-bond donors (Lipinski definition) is 4. The van der Waals surface area contributed by atoms with Crippen molar-refractivity contribution in [1.29, 1.82) is 0 Å². The first-order chi connectivity index (χ1) is 29.2. The zero-order valence-electron chi connectivity index (χ0n) is 34.3. The maximum absolute atomic E-state index is 14.0. The van der Waals surface area contributed by atoms with Gasteiger partial charge in [0, 0.05) is 18.7 Å². The van der Waals surface area contributed by atoms with Crippen LogP contribution in [0.3, 0.4) is 0 Å². The number of aromatic nitrogens is 4. The number of amides is 4. The number of nitrogens with one attached hydrogen (secondary N) is 4. The van der Waals surface area contributed by atoms with Gasteiger partial charge in [-0.15, -0.1) is 0 Å². The van der Waals surface area contributed by atoms with Crippen molar-refractivity contribution in [1.82, 2.24) is 40.4 Å². The summed E-state index contributed by atoms with van der Waals surface area (Å²) in [6, 6.07) is 29.4. The highest BCUT2D eigenvalue weighted by Gasteiger charge is 2.29. The Bertz CT molecular complexity index is 2480. The van der Waals surface area contributed by atoms with Gasteiger partial charge in [-0.25, -0.2) is 19.6 Å². The summed E-state index contributed by atoms with van der Waals surface area (Å²) in [7, 11) is 2.54. The molecule has 4 aromatic carbocycles. The second-order valence-corrected chi connectivity index (χ2v) is 14.8. The van der Waals surface area contributed by atoms with Gasteiger partial charge in [-0.1, -0.05) is 92.7 Å². The first-order valence-electron chi connectivity index (χ1n) is 20.3. The number of nitrogens with zero attached hydrogens (tertiary/aromatic N) is 4. The minimum absolute atomic E-state index is 0.148. The van der Waals surface area contributed by atoms with E-state index in [4.69, 9.17) is 14.7 Å². The van der Waals surface area contributed by atoms with Crippen LogP contribution in [0.25, 0.3) is 44.5 Å². The molecule has 1 aliphatic carbocycles. The number of ether oxygens (including phenoxy) is 2. The molecule has 1 atom stereocenters. The number of H-pyrrole nitrogens is 2. The number of hydrogen-bond acceptors (Lipinski definition) is 8. The lowest BCUT2D eigenvalue weighted by molar-refractivity contribution is -0.134. The lowest BCUT2D eigenvalue weighted by Gasteiger charge is -2.27. The number of carbonyl (C=O) groups excluding carboxylic acids is 4. The molecule has 0 spiro atoms. The molecular weight excluding hydrogens is 761 g/mol. The van der Waals surface area contributed by atoms with Crippen LogP contribution in [0.1, 0.15) is 61.2 Å². The van der Waals surface area contributed by atoms with Crippen LogP contribution in [-0.4, -0.2) is 87.6 Å². The van der Waals surface area contributed by atoms with Gasteiger partial charge in [-0.05, 0) is 71.2 Å². The predicted molar refractivity (Wildman–Crippen MR) is 229 cm³/mol. The van der Waals surface area contributed by atoms with Crippen LogP contribution < -0.4 is 10.6 Å². The molecule has 0 saturated heterocycles. The van der Waals surface area contributed by atoms with Gasteiger partial charge in [0.15, 0.2) is 0 Å². The molecule has 0 aliphatic heterocycles. The van der Waals surface area contributed by atoms with Gasteiger partial charge in [0.25, 0.3) is 0 Å². The van der Waals surface area contributed by atoms with E-state index in [2.05, 4.69) is 73.9 Å². The van der Waals surface area contributed by atoms with E-state index in [1.54, 1.807) is 9.80 Å². The van der Waals surface area contributed by atoms with Crippen molar-refractivity contribution in [3.8, 4) is 33.5 Å². The topological polar surface area (TPSA) is 175 Å². The Kier molecular flexibility index (Phi) is 12.9. The van der Waals surface area contributed by atoms with Crippen molar-refractivity contribution < 1.29 is 28.7 Å². The molecule has 0 unspecified atom stereocenters. The Morgan fingerprint density at radius 3 is 2.05 bits per heavy atom. The molecule has 6 aromatic rings. The van der Waals surface area contributed by atoms with Gasteiger partial charge in [0.05, 0.1) is 49.7 Å². The summed E-state index contributed by atoms with van der Waals surface area (Å²) in [4.78, 5) is 70.5. The molecule has 4 N–H and O–H groups in total. The highest BCUT2D eigenvalue weighted by molar-refractivity contribution is 5.87. The van der Waals surface area contributed by atoms with E-state index in [1.165, 1.54) is 19.8 Å². The minimum Gasteiger partial charge on any atom is -0.453 e.